The molecule has 8 heteroatoms. The molecule has 5 rings (SSSR count). The Morgan fingerprint density at radius 1 is 1.09 bits per heavy atom. The van der Waals surface area contributed by atoms with Crippen molar-refractivity contribution in [3.63, 3.8) is 0 Å². The van der Waals surface area contributed by atoms with Gasteiger partial charge in [-0.15, -0.1) is 0 Å². The summed E-state index contributed by atoms with van der Waals surface area (Å²) in [7, 11) is 1.53. The van der Waals surface area contributed by atoms with Crippen LogP contribution in [0.1, 0.15) is 91.2 Å². The third kappa shape index (κ3) is 7.48. The Balaban J connectivity index is 1.15. The SMILES string of the molecule is COc1c(C(C)=O)cnn1-c1cccc(/C(C)=C/CC/C=C(\C)OCc2ccc3c(c2C)CCCN(C2CCOCC2)C3)n1. The van der Waals surface area contributed by atoms with E-state index in [9.17, 15) is 4.79 Å². The van der Waals surface area contributed by atoms with Gasteiger partial charge in [0.25, 0.3) is 0 Å². The van der Waals surface area contributed by atoms with Crippen LogP contribution in [0.2, 0.25) is 0 Å². The van der Waals surface area contributed by atoms with E-state index in [0.29, 0.717) is 29.9 Å². The first-order chi connectivity index (χ1) is 21.4. The standard InChI is InChI=1S/C36H46N4O4/c1-25(34-13-8-14-35(38-34)40-36(42-5)33(22-37-40)28(4)41)10-6-7-11-26(2)44-24-30-16-15-29-23-39(31-17-20-43-21-18-31)19-9-12-32(29)27(30)3/h8,10-11,13-16,22,31H,6-7,9,12,17-21,23-24H2,1-5H3/b25-10+,26-11+. The molecule has 2 aliphatic rings. The Morgan fingerprint density at radius 2 is 1.89 bits per heavy atom. The average Bonchev–Trinajstić information content (AvgIpc) is 3.36. The van der Waals surface area contributed by atoms with Crippen molar-refractivity contribution in [1.29, 1.82) is 0 Å². The van der Waals surface area contributed by atoms with Crippen LogP contribution in [0.25, 0.3) is 11.4 Å². The number of aromatic nitrogens is 3. The van der Waals surface area contributed by atoms with Crippen molar-refractivity contribution >= 4 is 11.4 Å². The van der Waals surface area contributed by atoms with Gasteiger partial charge >= 0.3 is 0 Å². The lowest BCUT2D eigenvalue weighted by Gasteiger charge is -2.33. The molecule has 1 saturated heterocycles. The van der Waals surface area contributed by atoms with Crippen LogP contribution in [0.4, 0.5) is 0 Å². The second-order valence-corrected chi connectivity index (χ2v) is 11.9. The summed E-state index contributed by atoms with van der Waals surface area (Å²) in [6.07, 6.45) is 12.3. The van der Waals surface area contributed by atoms with E-state index in [0.717, 1.165) is 68.9 Å². The number of hydrogen-bond donors (Lipinski definition) is 0. The topological polar surface area (TPSA) is 78.7 Å². The van der Waals surface area contributed by atoms with Gasteiger partial charge in [0.15, 0.2) is 11.6 Å². The summed E-state index contributed by atoms with van der Waals surface area (Å²) in [5, 5.41) is 4.33. The number of benzene rings is 1. The molecule has 44 heavy (non-hydrogen) atoms. The van der Waals surface area contributed by atoms with Gasteiger partial charge in [0.1, 0.15) is 6.61 Å². The van der Waals surface area contributed by atoms with E-state index < -0.39 is 0 Å². The number of hydrogen-bond acceptors (Lipinski definition) is 7. The molecule has 4 heterocycles. The molecule has 0 amide bonds. The number of methoxy groups -OCH3 is 1. The van der Waals surface area contributed by atoms with Crippen LogP contribution in [-0.2, 0) is 29.0 Å². The molecule has 234 valence electrons. The third-order valence-electron chi connectivity index (χ3n) is 8.92. The van der Waals surface area contributed by atoms with Crippen LogP contribution in [0, 0.1) is 6.92 Å². The molecule has 0 bridgehead atoms. The second kappa shape index (κ2) is 14.8. The van der Waals surface area contributed by atoms with Crippen molar-refractivity contribution in [2.24, 2.45) is 0 Å². The van der Waals surface area contributed by atoms with Gasteiger partial charge in [-0.2, -0.15) is 9.78 Å². The number of Topliss-reactive ketones (excluding diaryl/α,β-unsaturated/α-hetero) is 1. The fraction of sp³-hybridized carbons (Fsp3) is 0.472. The normalized spacial score (nSPS) is 16.8. The molecule has 0 N–H and O–H groups in total. The van der Waals surface area contributed by atoms with Gasteiger partial charge in [0.05, 0.1) is 30.3 Å². The third-order valence-corrected chi connectivity index (χ3v) is 8.92. The van der Waals surface area contributed by atoms with Crippen LogP contribution in [0.5, 0.6) is 5.88 Å². The van der Waals surface area contributed by atoms with Gasteiger partial charge in [0.2, 0.25) is 5.88 Å². The smallest absolute Gasteiger partial charge is 0.228 e. The highest BCUT2D eigenvalue weighted by molar-refractivity contribution is 5.96. The number of rotatable bonds is 11. The molecule has 0 atom stereocenters. The molecule has 8 nitrogen and oxygen atoms in total. The van der Waals surface area contributed by atoms with Crippen molar-refractivity contribution in [2.45, 2.75) is 85.4 Å². The Labute approximate surface area is 261 Å². The van der Waals surface area contributed by atoms with E-state index in [1.54, 1.807) is 4.68 Å². The van der Waals surface area contributed by atoms with E-state index in [1.807, 2.05) is 25.1 Å². The Bertz CT molecular complexity index is 1520. The van der Waals surface area contributed by atoms with Crippen molar-refractivity contribution in [1.82, 2.24) is 19.7 Å². The Hall–Kier alpha value is -3.75. The maximum Gasteiger partial charge on any atom is 0.228 e. The number of carbonyl (C=O) groups excluding carboxylic acids is 1. The lowest BCUT2D eigenvalue weighted by atomic mass is 9.94. The zero-order valence-electron chi connectivity index (χ0n) is 26.9. The number of allylic oxidation sites excluding steroid dienone is 4. The van der Waals surface area contributed by atoms with Crippen molar-refractivity contribution in [3.8, 4) is 11.7 Å². The highest BCUT2D eigenvalue weighted by Crippen LogP contribution is 2.29. The summed E-state index contributed by atoms with van der Waals surface area (Å²) >= 11 is 0. The molecule has 2 aliphatic heterocycles. The van der Waals surface area contributed by atoms with E-state index >= 15 is 0 Å². The van der Waals surface area contributed by atoms with Crippen LogP contribution in [0.3, 0.4) is 0 Å². The first-order valence-corrected chi connectivity index (χ1v) is 15.8. The maximum absolute atomic E-state index is 11.9. The predicted molar refractivity (Wildman–Crippen MR) is 173 cm³/mol. The number of unbranched alkanes of at least 4 members (excludes halogenated alkanes) is 1. The Kier molecular flexibility index (Phi) is 10.7. The van der Waals surface area contributed by atoms with Crippen molar-refractivity contribution < 1.29 is 19.0 Å². The molecule has 0 spiro atoms. The molecule has 0 saturated carbocycles. The van der Waals surface area contributed by atoms with Crippen molar-refractivity contribution in [2.75, 3.05) is 26.9 Å². The van der Waals surface area contributed by atoms with Crippen LogP contribution in [-0.4, -0.2) is 58.4 Å². The van der Waals surface area contributed by atoms with Crippen LogP contribution in [0.15, 0.2) is 54.4 Å². The Morgan fingerprint density at radius 3 is 2.66 bits per heavy atom. The molecule has 0 radical (unpaired) electrons. The monoisotopic (exact) mass is 598 g/mol. The van der Waals surface area contributed by atoms with Gasteiger partial charge < -0.3 is 14.2 Å². The van der Waals surface area contributed by atoms with Crippen molar-refractivity contribution in [3.05, 3.63) is 88.0 Å². The number of ketones is 1. The molecule has 0 unspecified atom stereocenters. The minimum Gasteiger partial charge on any atom is -0.494 e. The van der Waals surface area contributed by atoms with Gasteiger partial charge in [-0.05, 0) is 119 Å². The quantitative estimate of drug-likeness (QED) is 0.133. The number of fused-ring (bicyclic) bond motifs is 1. The summed E-state index contributed by atoms with van der Waals surface area (Å²) in [5.41, 5.74) is 8.04. The van der Waals surface area contributed by atoms with Gasteiger partial charge in [0, 0.05) is 25.8 Å². The van der Waals surface area contributed by atoms with Gasteiger partial charge in [-0.1, -0.05) is 24.3 Å². The summed E-state index contributed by atoms with van der Waals surface area (Å²) in [5.74, 6) is 1.85. The molecular formula is C36H46N4O4. The largest absolute Gasteiger partial charge is 0.494 e. The van der Waals surface area contributed by atoms with E-state index in [1.165, 1.54) is 55.4 Å². The summed E-state index contributed by atoms with van der Waals surface area (Å²) in [6.45, 7) is 12.5. The molecular weight excluding hydrogens is 552 g/mol. The van der Waals surface area contributed by atoms with Crippen LogP contribution >= 0.6 is 0 Å². The average molecular weight is 599 g/mol. The summed E-state index contributed by atoms with van der Waals surface area (Å²) in [6, 6.07) is 11.0. The number of nitrogens with zero attached hydrogens (tertiary/aromatic N) is 4. The predicted octanol–water partition coefficient (Wildman–Crippen LogP) is 7.02. The van der Waals surface area contributed by atoms with Gasteiger partial charge in [-0.25, -0.2) is 4.98 Å². The fourth-order valence-electron chi connectivity index (χ4n) is 6.27. The molecule has 1 fully saturated rings. The highest BCUT2D eigenvalue weighted by atomic mass is 16.5. The first kappa shape index (κ1) is 31.7. The number of carbonyl (C=O) groups is 1. The minimum absolute atomic E-state index is 0.0986. The fourth-order valence-corrected chi connectivity index (χ4v) is 6.27. The summed E-state index contributed by atoms with van der Waals surface area (Å²) < 4.78 is 18.8. The molecule has 2 aromatic heterocycles. The lowest BCUT2D eigenvalue weighted by molar-refractivity contribution is 0.0315. The lowest BCUT2D eigenvalue weighted by Crippen LogP contribution is -2.39. The molecule has 0 aliphatic carbocycles. The number of ether oxygens (including phenoxy) is 3. The zero-order chi connectivity index (χ0) is 31.1. The minimum atomic E-state index is -0.0986. The molecule has 1 aromatic carbocycles. The molecule has 3 aromatic rings. The van der Waals surface area contributed by atoms with Crippen LogP contribution < -0.4 is 4.74 Å². The zero-order valence-corrected chi connectivity index (χ0v) is 26.9. The van der Waals surface area contributed by atoms with Gasteiger partial charge in [-0.3, -0.25) is 9.69 Å². The highest BCUT2D eigenvalue weighted by Gasteiger charge is 2.25. The summed E-state index contributed by atoms with van der Waals surface area (Å²) in [4.78, 5) is 19.4. The van der Waals surface area contributed by atoms with E-state index in [2.05, 4.69) is 48.1 Å². The maximum atomic E-state index is 11.9. The number of pyridine rings is 1. The first-order valence-electron chi connectivity index (χ1n) is 15.8. The van der Waals surface area contributed by atoms with E-state index in [4.69, 9.17) is 19.2 Å². The second-order valence-electron chi connectivity index (χ2n) is 11.9. The van der Waals surface area contributed by atoms with E-state index in [-0.39, 0.29) is 5.78 Å².